The molecule has 1 aliphatic rings. The molecule has 2 atom stereocenters. The van der Waals surface area contributed by atoms with Gasteiger partial charge < -0.3 is 10.8 Å². The maximum absolute atomic E-state index is 13.4. The first-order valence-electron chi connectivity index (χ1n) is 5.21. The first-order valence-corrected chi connectivity index (χ1v) is 5.21. The van der Waals surface area contributed by atoms with Crippen molar-refractivity contribution in [3.63, 3.8) is 0 Å². The van der Waals surface area contributed by atoms with E-state index in [0.717, 1.165) is 12.0 Å². The highest BCUT2D eigenvalue weighted by atomic mass is 19.1. The second kappa shape index (κ2) is 3.58. The zero-order valence-electron chi connectivity index (χ0n) is 8.83. The molecule has 1 aromatic carbocycles. The lowest BCUT2D eigenvalue weighted by molar-refractivity contribution is 0.264. The van der Waals surface area contributed by atoms with Crippen molar-refractivity contribution in [2.45, 2.75) is 18.8 Å². The van der Waals surface area contributed by atoms with Crippen LogP contribution < -0.4 is 5.73 Å². The molecule has 0 aliphatic heterocycles. The van der Waals surface area contributed by atoms with Crippen molar-refractivity contribution in [2.75, 3.05) is 13.2 Å². The molecule has 3 N–H and O–H groups in total. The molecular weight excluding hydrogens is 193 g/mol. The van der Waals surface area contributed by atoms with Crippen molar-refractivity contribution in [3.8, 4) is 0 Å². The van der Waals surface area contributed by atoms with E-state index in [1.54, 1.807) is 19.1 Å². The molecule has 0 heterocycles. The Labute approximate surface area is 88.9 Å². The topological polar surface area (TPSA) is 46.2 Å². The molecule has 0 saturated heterocycles. The Kier molecular flexibility index (Phi) is 2.52. The minimum absolute atomic E-state index is 0.132. The Morgan fingerprint density at radius 2 is 2.33 bits per heavy atom. The lowest BCUT2D eigenvalue weighted by atomic mass is 9.92. The summed E-state index contributed by atoms with van der Waals surface area (Å²) in [7, 11) is 0. The summed E-state index contributed by atoms with van der Waals surface area (Å²) in [6.07, 6.45) is 0.864. The van der Waals surface area contributed by atoms with Crippen LogP contribution in [0.4, 0.5) is 4.39 Å². The average Bonchev–Trinajstić information content (AvgIpc) is 2.97. The van der Waals surface area contributed by atoms with Gasteiger partial charge in [-0.15, -0.1) is 0 Å². The molecule has 0 aromatic heterocycles. The van der Waals surface area contributed by atoms with Crippen LogP contribution in [0.1, 0.15) is 17.5 Å². The molecule has 2 rings (SSSR count). The molecule has 1 aliphatic carbocycles. The highest BCUT2D eigenvalue weighted by Gasteiger charge is 2.53. The number of hydrogen-bond acceptors (Lipinski definition) is 2. The van der Waals surface area contributed by atoms with Crippen LogP contribution in [0.15, 0.2) is 18.2 Å². The third kappa shape index (κ3) is 1.56. The summed E-state index contributed by atoms with van der Waals surface area (Å²) in [6.45, 7) is 2.35. The highest BCUT2D eigenvalue weighted by Crippen LogP contribution is 2.53. The predicted octanol–water partition coefficient (Wildman–Crippen LogP) is 1.34. The van der Waals surface area contributed by atoms with Crippen molar-refractivity contribution in [1.82, 2.24) is 0 Å². The van der Waals surface area contributed by atoms with Crippen molar-refractivity contribution in [2.24, 2.45) is 11.7 Å². The molecular formula is C12H16FNO. The first kappa shape index (κ1) is 10.6. The van der Waals surface area contributed by atoms with E-state index >= 15 is 0 Å². The second-order valence-corrected chi connectivity index (χ2v) is 4.41. The number of benzene rings is 1. The van der Waals surface area contributed by atoms with Gasteiger partial charge in [0.25, 0.3) is 0 Å². The molecule has 0 amide bonds. The van der Waals surface area contributed by atoms with Crippen LogP contribution >= 0.6 is 0 Å². The van der Waals surface area contributed by atoms with Gasteiger partial charge in [-0.1, -0.05) is 12.1 Å². The van der Waals surface area contributed by atoms with Gasteiger partial charge in [0, 0.05) is 18.6 Å². The van der Waals surface area contributed by atoms with Gasteiger partial charge in [-0.3, -0.25) is 0 Å². The van der Waals surface area contributed by atoms with Crippen LogP contribution in [-0.2, 0) is 5.41 Å². The van der Waals surface area contributed by atoms with Crippen molar-refractivity contribution in [1.29, 1.82) is 0 Å². The van der Waals surface area contributed by atoms with E-state index in [-0.39, 0.29) is 23.8 Å². The smallest absolute Gasteiger partial charge is 0.126 e. The monoisotopic (exact) mass is 209 g/mol. The maximum Gasteiger partial charge on any atom is 0.126 e. The minimum atomic E-state index is -0.191. The molecule has 15 heavy (non-hydrogen) atoms. The van der Waals surface area contributed by atoms with E-state index in [2.05, 4.69) is 0 Å². The van der Waals surface area contributed by atoms with Crippen LogP contribution in [0.5, 0.6) is 0 Å². The van der Waals surface area contributed by atoms with Gasteiger partial charge in [0.2, 0.25) is 0 Å². The fraction of sp³-hybridized carbons (Fsp3) is 0.500. The molecule has 0 bridgehead atoms. The Morgan fingerprint density at radius 1 is 1.60 bits per heavy atom. The van der Waals surface area contributed by atoms with E-state index in [0.29, 0.717) is 12.1 Å². The fourth-order valence-electron chi connectivity index (χ4n) is 2.24. The summed E-state index contributed by atoms with van der Waals surface area (Å²) in [4.78, 5) is 0. The normalized spacial score (nSPS) is 29.2. The molecule has 1 saturated carbocycles. The summed E-state index contributed by atoms with van der Waals surface area (Å²) < 4.78 is 13.4. The second-order valence-electron chi connectivity index (χ2n) is 4.41. The average molecular weight is 209 g/mol. The third-order valence-corrected chi connectivity index (χ3v) is 3.56. The van der Waals surface area contributed by atoms with Gasteiger partial charge in [0.05, 0.1) is 0 Å². The molecule has 1 fully saturated rings. The molecule has 0 spiro atoms. The molecule has 0 unspecified atom stereocenters. The minimum Gasteiger partial charge on any atom is -0.396 e. The Hall–Kier alpha value is -0.930. The van der Waals surface area contributed by atoms with E-state index in [9.17, 15) is 4.39 Å². The van der Waals surface area contributed by atoms with Crippen molar-refractivity contribution >= 4 is 0 Å². The quantitative estimate of drug-likeness (QED) is 0.789. The number of aryl methyl sites for hydroxylation is 1. The highest BCUT2D eigenvalue weighted by molar-refractivity contribution is 5.36. The Balaban J connectivity index is 2.33. The molecule has 82 valence electrons. The van der Waals surface area contributed by atoms with Crippen LogP contribution in [0.2, 0.25) is 0 Å². The predicted molar refractivity (Wildman–Crippen MR) is 57.1 cm³/mol. The zero-order chi connectivity index (χ0) is 11.1. The van der Waals surface area contributed by atoms with Crippen molar-refractivity contribution in [3.05, 3.63) is 35.1 Å². The molecule has 0 radical (unpaired) electrons. The van der Waals surface area contributed by atoms with E-state index in [1.165, 1.54) is 0 Å². The lowest BCUT2D eigenvalue weighted by Crippen LogP contribution is -2.23. The van der Waals surface area contributed by atoms with Gasteiger partial charge in [-0.2, -0.15) is 0 Å². The van der Waals surface area contributed by atoms with Gasteiger partial charge in [-0.05, 0) is 36.5 Å². The van der Waals surface area contributed by atoms with Gasteiger partial charge in [0.1, 0.15) is 5.82 Å². The Bertz CT molecular complexity index is 380. The molecule has 1 aromatic rings. The van der Waals surface area contributed by atoms with E-state index in [4.69, 9.17) is 10.8 Å². The first-order chi connectivity index (χ1) is 7.14. The Morgan fingerprint density at radius 3 is 2.80 bits per heavy atom. The number of aliphatic hydroxyl groups excluding tert-OH is 1. The van der Waals surface area contributed by atoms with Gasteiger partial charge in [0.15, 0.2) is 0 Å². The molecule has 3 heteroatoms. The number of rotatable bonds is 3. The number of hydrogen-bond donors (Lipinski definition) is 2. The number of nitrogens with two attached hydrogens (primary N) is 1. The largest absolute Gasteiger partial charge is 0.396 e. The van der Waals surface area contributed by atoms with Crippen LogP contribution in [-0.4, -0.2) is 18.3 Å². The zero-order valence-corrected chi connectivity index (χ0v) is 8.83. The van der Waals surface area contributed by atoms with Crippen LogP contribution in [0.3, 0.4) is 0 Å². The van der Waals surface area contributed by atoms with E-state index in [1.807, 2.05) is 6.07 Å². The molecule has 2 nitrogen and oxygen atoms in total. The van der Waals surface area contributed by atoms with Crippen LogP contribution in [0, 0.1) is 18.7 Å². The maximum atomic E-state index is 13.4. The summed E-state index contributed by atoms with van der Waals surface area (Å²) in [5.74, 6) is 0.00789. The fourth-order valence-corrected chi connectivity index (χ4v) is 2.24. The number of halogens is 1. The van der Waals surface area contributed by atoms with E-state index < -0.39 is 0 Å². The lowest BCUT2D eigenvalue weighted by Gasteiger charge is -2.15. The summed E-state index contributed by atoms with van der Waals surface area (Å²) >= 11 is 0. The summed E-state index contributed by atoms with van der Waals surface area (Å²) in [5.41, 5.74) is 7.11. The standard InChI is InChI=1S/C12H16FNO/c1-8-2-3-9(4-11(8)13)12(7-14)5-10(12)6-15/h2-4,10,15H,5-7,14H2,1H3/t10-,12+/m0/s1. The van der Waals surface area contributed by atoms with Crippen molar-refractivity contribution < 1.29 is 9.50 Å². The SMILES string of the molecule is Cc1ccc([C@]2(CN)C[C@H]2CO)cc1F. The number of aliphatic hydroxyl groups is 1. The summed E-state index contributed by atoms with van der Waals surface area (Å²) in [5, 5.41) is 9.11. The summed E-state index contributed by atoms with van der Waals surface area (Å²) in [6, 6.07) is 5.24. The van der Waals surface area contributed by atoms with Gasteiger partial charge in [-0.25, -0.2) is 4.39 Å². The third-order valence-electron chi connectivity index (χ3n) is 3.56. The van der Waals surface area contributed by atoms with Crippen LogP contribution in [0.25, 0.3) is 0 Å². The van der Waals surface area contributed by atoms with Gasteiger partial charge >= 0.3 is 0 Å².